The van der Waals surface area contributed by atoms with Gasteiger partial charge in [0, 0.05) is 6.20 Å². The van der Waals surface area contributed by atoms with Crippen LogP contribution >= 0.6 is 0 Å². The topological polar surface area (TPSA) is 51.2 Å². The molecule has 0 spiro atoms. The third-order valence-electron chi connectivity index (χ3n) is 3.53. The number of anilines is 1. The molecule has 0 aliphatic heterocycles. The zero-order valence-electron chi connectivity index (χ0n) is 13.4. The molecule has 0 radical (unpaired) electrons. The Kier molecular flexibility index (Phi) is 4.87. The maximum atomic E-state index is 12.5. The molecule has 1 N–H and O–H groups in total. The van der Waals surface area contributed by atoms with E-state index in [4.69, 9.17) is 4.74 Å². The van der Waals surface area contributed by atoms with E-state index in [9.17, 15) is 4.79 Å². The van der Waals surface area contributed by atoms with Gasteiger partial charge >= 0.3 is 0 Å². The standard InChI is InChI=1S/C20H18N2O2/c1-15-6-4-7-16(12-15)14-24-19-10-3-2-9-18(19)20(23)22-17-8-5-11-21-13-17/h2-13H,14H2,1H3,(H,22,23). The number of pyridine rings is 1. The van der Waals surface area contributed by atoms with Crippen molar-refractivity contribution >= 4 is 11.6 Å². The first-order valence-corrected chi connectivity index (χ1v) is 7.71. The average Bonchev–Trinajstić information content (AvgIpc) is 2.61. The van der Waals surface area contributed by atoms with Gasteiger partial charge in [-0.2, -0.15) is 0 Å². The third-order valence-corrected chi connectivity index (χ3v) is 3.53. The summed E-state index contributed by atoms with van der Waals surface area (Å²) in [4.78, 5) is 16.5. The first kappa shape index (κ1) is 15.7. The summed E-state index contributed by atoms with van der Waals surface area (Å²) in [5, 5.41) is 2.82. The summed E-state index contributed by atoms with van der Waals surface area (Å²) in [6.45, 7) is 2.46. The lowest BCUT2D eigenvalue weighted by Crippen LogP contribution is -2.13. The molecule has 0 saturated carbocycles. The minimum atomic E-state index is -0.220. The number of nitrogens with zero attached hydrogens (tertiary/aromatic N) is 1. The van der Waals surface area contributed by atoms with E-state index < -0.39 is 0 Å². The summed E-state index contributed by atoms with van der Waals surface area (Å²) in [5.41, 5.74) is 3.39. The summed E-state index contributed by atoms with van der Waals surface area (Å²) in [6, 6.07) is 18.9. The molecular formula is C20H18N2O2. The molecule has 2 aromatic carbocycles. The molecule has 3 aromatic rings. The van der Waals surface area contributed by atoms with E-state index >= 15 is 0 Å². The van der Waals surface area contributed by atoms with Crippen LogP contribution in [0.1, 0.15) is 21.5 Å². The maximum Gasteiger partial charge on any atom is 0.259 e. The molecule has 120 valence electrons. The molecule has 24 heavy (non-hydrogen) atoms. The number of nitrogens with one attached hydrogen (secondary N) is 1. The lowest BCUT2D eigenvalue weighted by Gasteiger charge is -2.12. The highest BCUT2D eigenvalue weighted by Gasteiger charge is 2.12. The number of carbonyl (C=O) groups is 1. The van der Waals surface area contributed by atoms with Crippen molar-refractivity contribution in [3.8, 4) is 5.75 Å². The van der Waals surface area contributed by atoms with Crippen LogP contribution < -0.4 is 10.1 Å². The van der Waals surface area contributed by atoms with Gasteiger partial charge in [-0.15, -0.1) is 0 Å². The fourth-order valence-corrected chi connectivity index (χ4v) is 2.38. The van der Waals surface area contributed by atoms with Crippen molar-refractivity contribution in [2.24, 2.45) is 0 Å². The van der Waals surface area contributed by atoms with Gasteiger partial charge in [-0.3, -0.25) is 9.78 Å². The van der Waals surface area contributed by atoms with E-state index in [1.54, 1.807) is 36.7 Å². The maximum absolute atomic E-state index is 12.5. The van der Waals surface area contributed by atoms with E-state index in [2.05, 4.69) is 16.4 Å². The second kappa shape index (κ2) is 7.42. The molecule has 4 nitrogen and oxygen atoms in total. The van der Waals surface area contributed by atoms with E-state index in [1.165, 1.54) is 5.56 Å². The van der Waals surface area contributed by atoms with Crippen molar-refractivity contribution in [3.05, 3.63) is 89.7 Å². The van der Waals surface area contributed by atoms with Gasteiger partial charge in [-0.25, -0.2) is 0 Å². The minimum absolute atomic E-state index is 0.220. The molecule has 1 aromatic heterocycles. The van der Waals surface area contributed by atoms with Crippen molar-refractivity contribution in [1.29, 1.82) is 0 Å². The molecular weight excluding hydrogens is 300 g/mol. The van der Waals surface area contributed by atoms with Crippen molar-refractivity contribution in [2.75, 3.05) is 5.32 Å². The molecule has 3 rings (SSSR count). The normalized spacial score (nSPS) is 10.2. The second-order valence-electron chi connectivity index (χ2n) is 5.47. The Balaban J connectivity index is 1.74. The summed E-state index contributed by atoms with van der Waals surface area (Å²) in [7, 11) is 0. The quantitative estimate of drug-likeness (QED) is 0.766. The molecule has 1 heterocycles. The molecule has 0 unspecified atom stereocenters. The molecule has 0 bridgehead atoms. The van der Waals surface area contributed by atoms with E-state index in [0.717, 1.165) is 5.56 Å². The van der Waals surface area contributed by atoms with Crippen LogP contribution in [0.25, 0.3) is 0 Å². The number of rotatable bonds is 5. The number of carbonyl (C=O) groups excluding carboxylic acids is 1. The summed E-state index contributed by atoms with van der Waals surface area (Å²) in [5.74, 6) is 0.336. The number of para-hydroxylation sites is 1. The number of amides is 1. The van der Waals surface area contributed by atoms with Crippen molar-refractivity contribution in [1.82, 2.24) is 4.98 Å². The van der Waals surface area contributed by atoms with Crippen LogP contribution in [0, 0.1) is 6.92 Å². The Morgan fingerprint density at radius 3 is 2.75 bits per heavy atom. The lowest BCUT2D eigenvalue weighted by molar-refractivity contribution is 0.102. The monoisotopic (exact) mass is 318 g/mol. The van der Waals surface area contributed by atoms with Crippen molar-refractivity contribution in [2.45, 2.75) is 13.5 Å². The van der Waals surface area contributed by atoms with Gasteiger partial charge in [0.05, 0.1) is 17.4 Å². The molecule has 0 fully saturated rings. The Labute approximate surface area is 141 Å². The number of hydrogen-bond acceptors (Lipinski definition) is 3. The SMILES string of the molecule is Cc1cccc(COc2ccccc2C(=O)Nc2cccnc2)c1. The number of benzene rings is 2. The predicted molar refractivity (Wildman–Crippen MR) is 94.1 cm³/mol. The largest absolute Gasteiger partial charge is 0.488 e. The van der Waals surface area contributed by atoms with Crippen LogP contribution in [0.15, 0.2) is 73.1 Å². The summed E-state index contributed by atoms with van der Waals surface area (Å²) >= 11 is 0. The predicted octanol–water partition coefficient (Wildman–Crippen LogP) is 4.22. The molecule has 0 aliphatic carbocycles. The summed E-state index contributed by atoms with van der Waals surface area (Å²) < 4.78 is 5.86. The second-order valence-corrected chi connectivity index (χ2v) is 5.47. The smallest absolute Gasteiger partial charge is 0.259 e. The Bertz CT molecular complexity index is 832. The van der Waals surface area contributed by atoms with Crippen LogP contribution in [-0.4, -0.2) is 10.9 Å². The van der Waals surface area contributed by atoms with Crippen LogP contribution in [0.3, 0.4) is 0 Å². The van der Waals surface area contributed by atoms with Gasteiger partial charge < -0.3 is 10.1 Å². The minimum Gasteiger partial charge on any atom is -0.488 e. The number of ether oxygens (including phenoxy) is 1. The Hall–Kier alpha value is -3.14. The van der Waals surface area contributed by atoms with Gasteiger partial charge in [-0.1, -0.05) is 42.0 Å². The van der Waals surface area contributed by atoms with Crippen molar-refractivity contribution < 1.29 is 9.53 Å². The number of aromatic nitrogens is 1. The van der Waals surface area contributed by atoms with Gasteiger partial charge in [0.25, 0.3) is 5.91 Å². The molecule has 0 atom stereocenters. The van der Waals surface area contributed by atoms with Gasteiger partial charge in [0.1, 0.15) is 12.4 Å². The van der Waals surface area contributed by atoms with Gasteiger partial charge in [-0.05, 0) is 36.8 Å². The first-order valence-electron chi connectivity index (χ1n) is 7.71. The van der Waals surface area contributed by atoms with E-state index in [-0.39, 0.29) is 5.91 Å². The highest BCUT2D eigenvalue weighted by atomic mass is 16.5. The molecule has 1 amide bonds. The van der Waals surface area contributed by atoms with Crippen LogP contribution in [0.2, 0.25) is 0 Å². The van der Waals surface area contributed by atoms with E-state index in [1.807, 2.05) is 37.3 Å². The molecule has 0 saturated heterocycles. The highest BCUT2D eigenvalue weighted by Crippen LogP contribution is 2.21. The Morgan fingerprint density at radius 2 is 1.96 bits per heavy atom. The average molecular weight is 318 g/mol. The van der Waals surface area contributed by atoms with Crippen molar-refractivity contribution in [3.63, 3.8) is 0 Å². The third kappa shape index (κ3) is 3.98. The van der Waals surface area contributed by atoms with Crippen LogP contribution in [-0.2, 0) is 6.61 Å². The molecule has 4 heteroatoms. The zero-order chi connectivity index (χ0) is 16.8. The van der Waals surface area contributed by atoms with Crippen LogP contribution in [0.4, 0.5) is 5.69 Å². The van der Waals surface area contributed by atoms with E-state index in [0.29, 0.717) is 23.6 Å². The summed E-state index contributed by atoms with van der Waals surface area (Å²) in [6.07, 6.45) is 3.27. The fourth-order valence-electron chi connectivity index (χ4n) is 2.38. The first-order chi connectivity index (χ1) is 11.7. The van der Waals surface area contributed by atoms with Gasteiger partial charge in [0.15, 0.2) is 0 Å². The number of hydrogen-bond donors (Lipinski definition) is 1. The highest BCUT2D eigenvalue weighted by molar-refractivity contribution is 6.06. The molecule has 0 aliphatic rings. The van der Waals surface area contributed by atoms with Crippen LogP contribution in [0.5, 0.6) is 5.75 Å². The number of aryl methyl sites for hydroxylation is 1. The fraction of sp³-hybridized carbons (Fsp3) is 0.100. The van der Waals surface area contributed by atoms with Gasteiger partial charge in [0.2, 0.25) is 0 Å². The Morgan fingerprint density at radius 1 is 1.08 bits per heavy atom. The lowest BCUT2D eigenvalue weighted by atomic mass is 10.1. The zero-order valence-corrected chi connectivity index (χ0v) is 13.4.